The van der Waals surface area contributed by atoms with E-state index in [9.17, 15) is 28.8 Å². The molecule has 4 N–H and O–H groups in total. The third kappa shape index (κ3) is 10.2. The van der Waals surface area contributed by atoms with Crippen molar-refractivity contribution < 1.29 is 28.8 Å². The lowest BCUT2D eigenvalue weighted by molar-refractivity contribution is -0.144. The fraction of sp³-hybridized carbons (Fsp3) is 0.838. The smallest absolute Gasteiger partial charge is 0.315 e. The second-order valence-corrected chi connectivity index (χ2v) is 17.3. The summed E-state index contributed by atoms with van der Waals surface area (Å²) in [4.78, 5) is 84.0. The van der Waals surface area contributed by atoms with Crippen molar-refractivity contribution in [2.75, 3.05) is 19.6 Å². The van der Waals surface area contributed by atoms with Gasteiger partial charge in [-0.1, -0.05) is 74.1 Å². The molecule has 0 aromatic heterocycles. The van der Waals surface area contributed by atoms with Crippen LogP contribution in [0.15, 0.2) is 0 Å². The Bertz CT molecular complexity index is 1250. The first-order chi connectivity index (χ1) is 22.9. The van der Waals surface area contributed by atoms with E-state index in [-0.39, 0.29) is 34.7 Å². The molecule has 4 atom stereocenters. The van der Waals surface area contributed by atoms with Crippen LogP contribution in [-0.2, 0) is 24.0 Å². The molecular weight excluding hydrogens is 624 g/mol. The predicted molar refractivity (Wildman–Crippen MR) is 187 cm³/mol. The Balaban J connectivity index is 1.48. The van der Waals surface area contributed by atoms with Gasteiger partial charge in [-0.05, 0) is 67.6 Å². The number of hydrogen-bond donors (Lipinski definition) is 4. The Kier molecular flexibility index (Phi) is 12.4. The maximum Gasteiger partial charge on any atom is 0.315 e. The highest BCUT2D eigenvalue weighted by Gasteiger charge is 2.47. The molecule has 4 fully saturated rings. The average Bonchev–Trinajstić information content (AvgIpc) is 3.69. The lowest BCUT2D eigenvalue weighted by Gasteiger charge is -2.43. The van der Waals surface area contributed by atoms with Gasteiger partial charge in [-0.3, -0.25) is 24.0 Å². The van der Waals surface area contributed by atoms with E-state index >= 15 is 0 Å². The monoisotopic (exact) mass is 686 g/mol. The van der Waals surface area contributed by atoms with E-state index in [2.05, 4.69) is 35.1 Å². The zero-order valence-electron chi connectivity index (χ0n) is 31.0. The molecule has 2 heterocycles. The van der Waals surface area contributed by atoms with Crippen molar-refractivity contribution in [2.45, 2.75) is 162 Å². The first-order valence-electron chi connectivity index (χ1n) is 18.7. The summed E-state index contributed by atoms with van der Waals surface area (Å²) in [6.07, 6.45) is 9.49. The van der Waals surface area contributed by atoms with Crippen molar-refractivity contribution in [1.82, 2.24) is 31.1 Å². The van der Waals surface area contributed by atoms with E-state index in [4.69, 9.17) is 0 Å². The van der Waals surface area contributed by atoms with E-state index in [1.54, 1.807) is 4.90 Å². The maximum absolute atomic E-state index is 14.5. The number of ketones is 1. The van der Waals surface area contributed by atoms with Gasteiger partial charge in [-0.25, -0.2) is 4.79 Å². The minimum atomic E-state index is -0.962. The summed E-state index contributed by atoms with van der Waals surface area (Å²) in [5, 5.41) is 11.7. The van der Waals surface area contributed by atoms with Gasteiger partial charge in [0, 0.05) is 32.1 Å². The second kappa shape index (κ2) is 15.8. The number of likely N-dealkylation sites (tertiary alicyclic amines) is 2. The molecular formula is C37H62N6O6. The van der Waals surface area contributed by atoms with Crippen molar-refractivity contribution in [3.05, 3.63) is 0 Å². The van der Waals surface area contributed by atoms with E-state index in [1.165, 1.54) is 0 Å². The summed E-state index contributed by atoms with van der Waals surface area (Å²) in [7, 11) is 0. The largest absolute Gasteiger partial charge is 0.347 e. The van der Waals surface area contributed by atoms with Crippen molar-refractivity contribution >= 4 is 35.4 Å². The van der Waals surface area contributed by atoms with Crippen LogP contribution >= 0.6 is 0 Å². The highest BCUT2D eigenvalue weighted by Crippen LogP contribution is 2.40. The number of carbonyl (C=O) groups is 6. The van der Waals surface area contributed by atoms with Crippen LogP contribution in [-0.4, -0.2) is 95.1 Å². The van der Waals surface area contributed by atoms with Crippen LogP contribution in [0.5, 0.6) is 0 Å². The number of Topliss-reactive ketones (excluding diaryl/α,β-unsaturated/α-hetero) is 1. The SMILES string of the molecule is CCCC(NC(=O)[C@@H]1CCCN1C(=O)[C@@H](NC(=O)N[C@H](CN1CCC(C)(C)CC1=O)C(C)(C)C)C1(C)CCCCC1)C(=O)C(=O)NC1CC1. The van der Waals surface area contributed by atoms with Gasteiger partial charge in [0.15, 0.2) is 0 Å². The van der Waals surface area contributed by atoms with E-state index in [1.807, 2.05) is 39.5 Å². The number of piperidine rings is 1. The van der Waals surface area contributed by atoms with Crippen LogP contribution in [0.4, 0.5) is 4.79 Å². The molecule has 0 spiro atoms. The van der Waals surface area contributed by atoms with Crippen LogP contribution in [0.2, 0.25) is 0 Å². The molecule has 6 amide bonds. The van der Waals surface area contributed by atoms with Crippen LogP contribution in [0.25, 0.3) is 0 Å². The Morgan fingerprint density at radius 3 is 2.14 bits per heavy atom. The quantitative estimate of drug-likeness (QED) is 0.216. The van der Waals surface area contributed by atoms with Gasteiger partial charge in [0.05, 0.1) is 12.1 Å². The zero-order valence-corrected chi connectivity index (χ0v) is 31.0. The van der Waals surface area contributed by atoms with Crippen molar-refractivity contribution in [1.29, 1.82) is 0 Å². The molecule has 2 aliphatic heterocycles. The summed E-state index contributed by atoms with van der Waals surface area (Å²) < 4.78 is 0. The fourth-order valence-corrected chi connectivity index (χ4v) is 7.57. The van der Waals surface area contributed by atoms with Crippen LogP contribution in [0.3, 0.4) is 0 Å². The minimum absolute atomic E-state index is 0.0264. The predicted octanol–water partition coefficient (Wildman–Crippen LogP) is 3.81. The first-order valence-corrected chi connectivity index (χ1v) is 18.7. The number of carbonyl (C=O) groups excluding carboxylic acids is 6. The first kappa shape index (κ1) is 38.6. The van der Waals surface area contributed by atoms with Gasteiger partial charge >= 0.3 is 6.03 Å². The molecule has 2 saturated carbocycles. The zero-order chi connectivity index (χ0) is 36.1. The molecule has 2 aliphatic carbocycles. The lowest BCUT2D eigenvalue weighted by atomic mass is 9.70. The Labute approximate surface area is 293 Å². The van der Waals surface area contributed by atoms with Gasteiger partial charge in [0.2, 0.25) is 23.5 Å². The lowest BCUT2D eigenvalue weighted by Crippen LogP contribution is -2.63. The number of hydrogen-bond acceptors (Lipinski definition) is 6. The number of rotatable bonds is 13. The highest BCUT2D eigenvalue weighted by molar-refractivity contribution is 6.38. The molecule has 0 aromatic rings. The normalized spacial score (nSPS) is 24.0. The fourth-order valence-electron chi connectivity index (χ4n) is 7.57. The number of nitrogens with one attached hydrogen (secondary N) is 4. The molecule has 0 radical (unpaired) electrons. The molecule has 0 bridgehead atoms. The third-order valence-electron chi connectivity index (χ3n) is 11.2. The Morgan fingerprint density at radius 2 is 1.55 bits per heavy atom. The highest BCUT2D eigenvalue weighted by atomic mass is 16.2. The van der Waals surface area contributed by atoms with Crippen molar-refractivity contribution in [3.63, 3.8) is 0 Å². The molecule has 4 rings (SSSR count). The summed E-state index contributed by atoms with van der Waals surface area (Å²) in [5.74, 6) is -2.01. The van der Waals surface area contributed by atoms with Gasteiger partial charge in [0.25, 0.3) is 5.91 Å². The molecule has 0 aromatic carbocycles. The van der Waals surface area contributed by atoms with Gasteiger partial charge in [-0.15, -0.1) is 0 Å². The molecule has 12 heteroatoms. The van der Waals surface area contributed by atoms with Gasteiger partial charge in [-0.2, -0.15) is 0 Å². The minimum Gasteiger partial charge on any atom is -0.347 e. The van der Waals surface area contributed by atoms with E-state index in [0.717, 1.165) is 51.4 Å². The van der Waals surface area contributed by atoms with E-state index in [0.29, 0.717) is 51.7 Å². The number of urea groups is 1. The summed E-state index contributed by atoms with van der Waals surface area (Å²) in [6, 6.07) is -3.43. The third-order valence-corrected chi connectivity index (χ3v) is 11.2. The topological polar surface area (TPSA) is 157 Å². The van der Waals surface area contributed by atoms with Crippen molar-refractivity contribution in [3.8, 4) is 0 Å². The number of amides is 6. The maximum atomic E-state index is 14.5. The van der Waals surface area contributed by atoms with E-state index < -0.39 is 47.2 Å². The molecule has 12 nitrogen and oxygen atoms in total. The van der Waals surface area contributed by atoms with Crippen LogP contribution in [0.1, 0.15) is 132 Å². The summed E-state index contributed by atoms with van der Waals surface area (Å²) in [5.41, 5.74) is -0.914. The molecule has 1 unspecified atom stereocenters. The van der Waals surface area contributed by atoms with Crippen LogP contribution < -0.4 is 21.3 Å². The second-order valence-electron chi connectivity index (χ2n) is 17.3. The number of nitrogens with zero attached hydrogens (tertiary/aromatic N) is 2. The standard InChI is InChI=1S/C37H62N6O6/c1-8-13-25(29(45)32(47)38-24-15-16-24)39-31(46)26-14-12-20-43(26)33(48)30(37(7)17-10-9-11-18-37)41-34(49)40-27(35(2,3)4)23-42-21-19-36(5,6)22-28(42)44/h24-27,30H,8-23H2,1-7H3,(H,38,47)(H,39,46)(H2,40,41,49)/t25?,26-,27+,30+/m0/s1. The molecule has 2 saturated heterocycles. The molecule has 49 heavy (non-hydrogen) atoms. The van der Waals surface area contributed by atoms with Crippen molar-refractivity contribution in [2.24, 2.45) is 16.2 Å². The molecule has 276 valence electrons. The van der Waals surface area contributed by atoms with Crippen LogP contribution in [0, 0.1) is 16.2 Å². The van der Waals surface area contributed by atoms with Gasteiger partial charge < -0.3 is 31.1 Å². The molecule has 4 aliphatic rings. The summed E-state index contributed by atoms with van der Waals surface area (Å²) >= 11 is 0. The Hall–Kier alpha value is -3.18. The average molecular weight is 687 g/mol. The van der Waals surface area contributed by atoms with Gasteiger partial charge in [0.1, 0.15) is 12.1 Å². The Morgan fingerprint density at radius 1 is 0.878 bits per heavy atom. The summed E-state index contributed by atoms with van der Waals surface area (Å²) in [6.45, 7) is 15.6.